The number of benzene rings is 1. The van der Waals surface area contributed by atoms with E-state index < -0.39 is 5.97 Å². The Labute approximate surface area is 95.0 Å². The number of rotatable bonds is 3. The molecule has 0 radical (unpaired) electrons. The summed E-state index contributed by atoms with van der Waals surface area (Å²) in [5.41, 5.74) is 2.33. The molecule has 1 aliphatic carbocycles. The van der Waals surface area contributed by atoms with E-state index >= 15 is 0 Å². The van der Waals surface area contributed by atoms with Crippen LogP contribution in [-0.4, -0.2) is 17.7 Å². The summed E-state index contributed by atoms with van der Waals surface area (Å²) in [6.07, 6.45) is 2.17. The fourth-order valence-corrected chi connectivity index (χ4v) is 2.26. The Balaban J connectivity index is 2.30. The third-order valence-electron chi connectivity index (χ3n) is 3.09. The largest absolute Gasteiger partial charge is 0.494 e. The highest BCUT2D eigenvalue weighted by Gasteiger charge is 2.26. The van der Waals surface area contributed by atoms with E-state index in [1.165, 1.54) is 5.56 Å². The lowest BCUT2D eigenvalue weighted by Crippen LogP contribution is -2.22. The van der Waals surface area contributed by atoms with Crippen molar-refractivity contribution in [1.29, 1.82) is 0 Å². The van der Waals surface area contributed by atoms with Gasteiger partial charge in [0.25, 0.3) is 0 Å². The number of hydrogen-bond donors (Lipinski definition) is 1. The summed E-state index contributed by atoms with van der Waals surface area (Å²) >= 11 is 0. The van der Waals surface area contributed by atoms with Crippen molar-refractivity contribution in [3.05, 3.63) is 29.3 Å². The van der Waals surface area contributed by atoms with Crippen molar-refractivity contribution in [3.8, 4) is 5.75 Å². The molecule has 2 rings (SSSR count). The summed E-state index contributed by atoms with van der Waals surface area (Å²) < 4.78 is 5.54. The smallest absolute Gasteiger partial charge is 0.306 e. The van der Waals surface area contributed by atoms with Crippen LogP contribution in [-0.2, 0) is 17.6 Å². The third-order valence-corrected chi connectivity index (χ3v) is 3.09. The molecule has 3 heteroatoms. The molecule has 1 aliphatic rings. The van der Waals surface area contributed by atoms with Crippen LogP contribution in [0.15, 0.2) is 18.2 Å². The van der Waals surface area contributed by atoms with Crippen LogP contribution in [0.4, 0.5) is 0 Å². The normalized spacial score (nSPS) is 18.9. The third kappa shape index (κ3) is 2.03. The number of ether oxygens (including phenoxy) is 1. The number of carboxylic acids is 1. The molecule has 0 saturated carbocycles. The lowest BCUT2D eigenvalue weighted by atomic mass is 9.83. The van der Waals surface area contributed by atoms with Gasteiger partial charge in [0.05, 0.1) is 12.5 Å². The van der Waals surface area contributed by atoms with Crippen molar-refractivity contribution in [3.63, 3.8) is 0 Å². The Morgan fingerprint density at radius 3 is 3.06 bits per heavy atom. The van der Waals surface area contributed by atoms with Crippen molar-refractivity contribution >= 4 is 5.97 Å². The van der Waals surface area contributed by atoms with Gasteiger partial charge >= 0.3 is 5.97 Å². The highest BCUT2D eigenvalue weighted by atomic mass is 16.5. The quantitative estimate of drug-likeness (QED) is 0.850. The minimum absolute atomic E-state index is 0.255. The summed E-state index contributed by atoms with van der Waals surface area (Å²) in [4.78, 5) is 11.0. The zero-order valence-electron chi connectivity index (χ0n) is 9.40. The van der Waals surface area contributed by atoms with Gasteiger partial charge in [-0.2, -0.15) is 0 Å². The Hall–Kier alpha value is -1.51. The average Bonchev–Trinajstić information content (AvgIpc) is 2.29. The molecular formula is C13H16O3. The van der Waals surface area contributed by atoms with Gasteiger partial charge < -0.3 is 9.84 Å². The minimum Gasteiger partial charge on any atom is -0.494 e. The maximum atomic E-state index is 11.0. The summed E-state index contributed by atoms with van der Waals surface area (Å²) in [6, 6.07) is 5.97. The van der Waals surface area contributed by atoms with Crippen LogP contribution in [0, 0.1) is 5.92 Å². The van der Waals surface area contributed by atoms with Gasteiger partial charge in [0.2, 0.25) is 0 Å². The van der Waals surface area contributed by atoms with Crippen LogP contribution in [0.3, 0.4) is 0 Å². The highest BCUT2D eigenvalue weighted by molar-refractivity contribution is 5.71. The van der Waals surface area contributed by atoms with Crippen molar-refractivity contribution in [2.24, 2.45) is 5.92 Å². The first-order chi connectivity index (χ1) is 7.72. The molecule has 86 valence electrons. The van der Waals surface area contributed by atoms with Gasteiger partial charge in [-0.05, 0) is 43.4 Å². The van der Waals surface area contributed by atoms with E-state index in [0.717, 1.165) is 24.2 Å². The number of carboxylic acid groups (broad SMARTS) is 1. The fourth-order valence-electron chi connectivity index (χ4n) is 2.26. The molecule has 0 spiro atoms. The Morgan fingerprint density at radius 2 is 2.38 bits per heavy atom. The van der Waals surface area contributed by atoms with E-state index in [4.69, 9.17) is 9.84 Å². The van der Waals surface area contributed by atoms with Crippen LogP contribution in [0.1, 0.15) is 24.5 Å². The molecular weight excluding hydrogens is 204 g/mol. The van der Waals surface area contributed by atoms with Gasteiger partial charge in [0.1, 0.15) is 5.75 Å². The molecule has 1 atom stereocenters. The molecule has 0 heterocycles. The molecule has 0 fully saturated rings. The van der Waals surface area contributed by atoms with Crippen molar-refractivity contribution in [2.75, 3.05) is 6.61 Å². The van der Waals surface area contributed by atoms with Gasteiger partial charge in [0, 0.05) is 0 Å². The highest BCUT2D eigenvalue weighted by Crippen LogP contribution is 2.32. The monoisotopic (exact) mass is 220 g/mol. The zero-order chi connectivity index (χ0) is 11.5. The molecule has 0 bridgehead atoms. The van der Waals surface area contributed by atoms with Gasteiger partial charge in [-0.25, -0.2) is 0 Å². The van der Waals surface area contributed by atoms with Gasteiger partial charge in [-0.15, -0.1) is 0 Å². The predicted octanol–water partition coefficient (Wildman–Crippen LogP) is 2.27. The Morgan fingerprint density at radius 1 is 1.56 bits per heavy atom. The van der Waals surface area contributed by atoms with E-state index in [-0.39, 0.29) is 5.92 Å². The number of aliphatic carboxylic acids is 1. The molecule has 1 N–H and O–H groups in total. The number of carbonyl (C=O) groups is 1. The molecule has 1 unspecified atom stereocenters. The lowest BCUT2D eigenvalue weighted by Gasteiger charge is -2.23. The Bertz CT molecular complexity index is 398. The fraction of sp³-hybridized carbons (Fsp3) is 0.462. The standard InChI is InChI=1S/C13H16O3/c1-2-16-12-5-3-4-9-6-7-10(13(14)15)8-11(9)12/h3-5,10H,2,6-8H2,1H3,(H,14,15). The van der Waals surface area contributed by atoms with Gasteiger partial charge in [-0.3, -0.25) is 4.79 Å². The number of fused-ring (bicyclic) bond motifs is 1. The van der Waals surface area contributed by atoms with Crippen molar-refractivity contribution in [2.45, 2.75) is 26.2 Å². The van der Waals surface area contributed by atoms with E-state index in [1.54, 1.807) is 0 Å². The number of hydrogen-bond acceptors (Lipinski definition) is 2. The van der Waals surface area contributed by atoms with E-state index in [2.05, 4.69) is 6.07 Å². The molecule has 3 nitrogen and oxygen atoms in total. The van der Waals surface area contributed by atoms with Crippen LogP contribution < -0.4 is 4.74 Å². The van der Waals surface area contributed by atoms with Crippen LogP contribution in [0.2, 0.25) is 0 Å². The first-order valence-corrected chi connectivity index (χ1v) is 5.68. The molecule has 1 aromatic carbocycles. The van der Waals surface area contributed by atoms with Crippen LogP contribution in [0.5, 0.6) is 5.75 Å². The van der Waals surface area contributed by atoms with Crippen LogP contribution in [0.25, 0.3) is 0 Å². The maximum absolute atomic E-state index is 11.0. The SMILES string of the molecule is CCOc1cccc2c1CC(C(=O)O)CC2. The summed E-state index contributed by atoms with van der Waals surface area (Å²) in [5, 5.41) is 9.04. The lowest BCUT2D eigenvalue weighted by molar-refractivity contribution is -0.142. The summed E-state index contributed by atoms with van der Waals surface area (Å²) in [5.74, 6) is -0.1000. The second kappa shape index (κ2) is 4.56. The molecule has 0 aromatic heterocycles. The molecule has 0 aliphatic heterocycles. The second-order valence-electron chi connectivity index (χ2n) is 4.10. The first-order valence-electron chi connectivity index (χ1n) is 5.68. The Kier molecular flexibility index (Phi) is 3.13. The van der Waals surface area contributed by atoms with Gasteiger partial charge in [-0.1, -0.05) is 12.1 Å². The minimum atomic E-state index is -0.697. The van der Waals surface area contributed by atoms with E-state index in [0.29, 0.717) is 13.0 Å². The molecule has 1 aromatic rings. The molecule has 0 saturated heterocycles. The first kappa shape index (κ1) is 11.0. The molecule has 0 amide bonds. The van der Waals surface area contributed by atoms with E-state index in [1.807, 2.05) is 19.1 Å². The zero-order valence-corrected chi connectivity index (χ0v) is 9.40. The average molecular weight is 220 g/mol. The van der Waals surface area contributed by atoms with Crippen molar-refractivity contribution < 1.29 is 14.6 Å². The van der Waals surface area contributed by atoms with Crippen LogP contribution >= 0.6 is 0 Å². The number of aryl methyl sites for hydroxylation is 1. The topological polar surface area (TPSA) is 46.5 Å². The molecule has 16 heavy (non-hydrogen) atoms. The van der Waals surface area contributed by atoms with Gasteiger partial charge in [0.15, 0.2) is 0 Å². The summed E-state index contributed by atoms with van der Waals surface area (Å²) in [7, 11) is 0. The summed E-state index contributed by atoms with van der Waals surface area (Å²) in [6.45, 7) is 2.56. The maximum Gasteiger partial charge on any atom is 0.306 e. The van der Waals surface area contributed by atoms with Crippen molar-refractivity contribution in [1.82, 2.24) is 0 Å². The second-order valence-corrected chi connectivity index (χ2v) is 4.10. The van der Waals surface area contributed by atoms with E-state index in [9.17, 15) is 4.79 Å². The predicted molar refractivity (Wildman–Crippen MR) is 60.8 cm³/mol.